The minimum Gasteiger partial charge on any atom is -0.508 e. The van der Waals surface area contributed by atoms with Crippen molar-refractivity contribution >= 4 is 11.6 Å². The number of phenolic OH excluding ortho intramolecular Hbond substituents is 1. The van der Waals surface area contributed by atoms with E-state index in [0.29, 0.717) is 23.6 Å². The summed E-state index contributed by atoms with van der Waals surface area (Å²) in [6.07, 6.45) is 1.73. The maximum Gasteiger partial charge on any atom is 0.256 e. The van der Waals surface area contributed by atoms with Crippen molar-refractivity contribution in [3.63, 3.8) is 0 Å². The van der Waals surface area contributed by atoms with Gasteiger partial charge in [0.1, 0.15) is 5.75 Å². The molecule has 0 spiro atoms. The van der Waals surface area contributed by atoms with E-state index in [4.69, 9.17) is 10.3 Å². The highest BCUT2D eigenvalue weighted by molar-refractivity contribution is 5.99. The Morgan fingerprint density at radius 1 is 1.48 bits per heavy atom. The minimum atomic E-state index is -0.194. The Bertz CT molecular complexity index is 681. The summed E-state index contributed by atoms with van der Waals surface area (Å²) in [6.45, 7) is 2.49. The summed E-state index contributed by atoms with van der Waals surface area (Å²) in [5.74, 6) is 0.524. The number of likely N-dealkylation sites (tertiary alicyclic amines) is 1. The topological polar surface area (TPSA) is 92.6 Å². The Morgan fingerprint density at radius 3 is 3.00 bits per heavy atom. The summed E-state index contributed by atoms with van der Waals surface area (Å²) in [6, 6.07) is 6.13. The number of hydrogen-bond acceptors (Lipinski definition) is 5. The van der Waals surface area contributed by atoms with E-state index in [0.717, 1.165) is 18.5 Å². The molecule has 1 aromatic carbocycles. The highest BCUT2D eigenvalue weighted by Gasteiger charge is 2.33. The van der Waals surface area contributed by atoms with Crippen LogP contribution < -0.4 is 5.73 Å². The van der Waals surface area contributed by atoms with E-state index in [1.54, 1.807) is 4.90 Å². The van der Waals surface area contributed by atoms with Gasteiger partial charge >= 0.3 is 0 Å². The summed E-state index contributed by atoms with van der Waals surface area (Å²) in [7, 11) is 0. The number of aromatic hydroxyl groups is 1. The number of carbonyl (C=O) groups is 1. The van der Waals surface area contributed by atoms with E-state index in [9.17, 15) is 9.90 Å². The van der Waals surface area contributed by atoms with Gasteiger partial charge in [-0.05, 0) is 38.0 Å². The summed E-state index contributed by atoms with van der Waals surface area (Å²) in [4.78, 5) is 14.4. The summed E-state index contributed by atoms with van der Waals surface area (Å²) in [5, 5.41) is 13.4. The van der Waals surface area contributed by atoms with Crippen LogP contribution in [0.4, 0.5) is 5.69 Å². The fourth-order valence-corrected chi connectivity index (χ4v) is 2.73. The van der Waals surface area contributed by atoms with E-state index in [1.165, 1.54) is 18.2 Å². The third-order valence-corrected chi connectivity index (χ3v) is 3.76. The number of nitrogens with zero attached hydrogens (tertiary/aromatic N) is 2. The molecule has 1 amide bonds. The zero-order chi connectivity index (χ0) is 15.0. The van der Waals surface area contributed by atoms with Crippen LogP contribution in [0.25, 0.3) is 0 Å². The van der Waals surface area contributed by atoms with Crippen molar-refractivity contribution in [1.82, 2.24) is 10.1 Å². The van der Waals surface area contributed by atoms with Crippen molar-refractivity contribution in [3.05, 3.63) is 41.3 Å². The number of carbonyl (C=O) groups excluding carboxylic acids is 1. The van der Waals surface area contributed by atoms with Gasteiger partial charge in [0.2, 0.25) is 0 Å². The van der Waals surface area contributed by atoms with E-state index < -0.39 is 0 Å². The molecule has 1 unspecified atom stereocenters. The number of anilines is 1. The van der Waals surface area contributed by atoms with Gasteiger partial charge in [-0.15, -0.1) is 0 Å². The van der Waals surface area contributed by atoms with Crippen LogP contribution >= 0.6 is 0 Å². The molecule has 2 aromatic rings. The maximum absolute atomic E-state index is 12.7. The molecule has 6 nitrogen and oxygen atoms in total. The van der Waals surface area contributed by atoms with Gasteiger partial charge in [0, 0.05) is 18.3 Å². The third kappa shape index (κ3) is 2.44. The molecule has 1 saturated heterocycles. The maximum atomic E-state index is 12.7. The highest BCUT2D eigenvalue weighted by atomic mass is 16.5. The Balaban J connectivity index is 1.91. The van der Waals surface area contributed by atoms with Gasteiger partial charge in [-0.1, -0.05) is 5.16 Å². The molecule has 1 aromatic heterocycles. The monoisotopic (exact) mass is 287 g/mol. The van der Waals surface area contributed by atoms with Gasteiger partial charge in [-0.3, -0.25) is 4.79 Å². The number of aromatic nitrogens is 1. The largest absolute Gasteiger partial charge is 0.508 e. The van der Waals surface area contributed by atoms with Gasteiger partial charge in [0.05, 0.1) is 17.3 Å². The Labute approximate surface area is 122 Å². The number of phenols is 1. The fourth-order valence-electron chi connectivity index (χ4n) is 2.73. The highest BCUT2D eigenvalue weighted by Crippen LogP contribution is 2.34. The van der Waals surface area contributed by atoms with Crippen molar-refractivity contribution in [2.45, 2.75) is 25.8 Å². The number of rotatable bonds is 2. The van der Waals surface area contributed by atoms with Gasteiger partial charge < -0.3 is 20.3 Å². The lowest BCUT2D eigenvalue weighted by Crippen LogP contribution is -2.31. The SMILES string of the molecule is Cc1cc(C2CCCN2C(=O)c2cc(O)ccc2N)on1. The molecule has 1 aliphatic heterocycles. The van der Waals surface area contributed by atoms with Crippen molar-refractivity contribution in [1.29, 1.82) is 0 Å². The second kappa shape index (κ2) is 5.12. The Morgan fingerprint density at radius 2 is 2.29 bits per heavy atom. The van der Waals surface area contributed by atoms with Crippen molar-refractivity contribution < 1.29 is 14.4 Å². The van der Waals surface area contributed by atoms with Gasteiger partial charge in [-0.25, -0.2) is 0 Å². The molecule has 3 N–H and O–H groups in total. The smallest absolute Gasteiger partial charge is 0.256 e. The van der Waals surface area contributed by atoms with Crippen LogP contribution in [0.15, 0.2) is 28.8 Å². The van der Waals surface area contributed by atoms with Crippen LogP contribution in [-0.2, 0) is 0 Å². The molecular weight excluding hydrogens is 270 g/mol. The quantitative estimate of drug-likeness (QED) is 0.652. The Kier molecular flexibility index (Phi) is 3.29. The van der Waals surface area contributed by atoms with Gasteiger partial charge in [-0.2, -0.15) is 0 Å². The normalized spacial score (nSPS) is 18.1. The standard InChI is InChI=1S/C15H17N3O3/c1-9-7-14(21-17-9)13-3-2-6-18(13)15(20)11-8-10(19)4-5-12(11)16/h4-5,7-8,13,19H,2-3,6,16H2,1H3. The first-order valence-electron chi connectivity index (χ1n) is 6.89. The molecule has 0 radical (unpaired) electrons. The summed E-state index contributed by atoms with van der Waals surface area (Å²) < 4.78 is 5.29. The average molecular weight is 287 g/mol. The predicted octanol–water partition coefficient (Wildman–Crippen LogP) is 2.25. The van der Waals surface area contributed by atoms with Crippen LogP contribution in [0.5, 0.6) is 5.75 Å². The van der Waals surface area contributed by atoms with Crippen molar-refractivity contribution in [3.8, 4) is 5.75 Å². The molecule has 0 saturated carbocycles. The van der Waals surface area contributed by atoms with Crippen LogP contribution in [-0.4, -0.2) is 27.6 Å². The Hall–Kier alpha value is -2.50. The second-order valence-corrected chi connectivity index (χ2v) is 5.30. The first-order valence-corrected chi connectivity index (χ1v) is 6.89. The lowest BCUT2D eigenvalue weighted by Gasteiger charge is -2.23. The molecule has 2 heterocycles. The molecule has 1 fully saturated rings. The molecule has 110 valence electrons. The number of aryl methyl sites for hydroxylation is 1. The molecular formula is C15H17N3O3. The van der Waals surface area contributed by atoms with Crippen molar-refractivity contribution in [2.75, 3.05) is 12.3 Å². The zero-order valence-corrected chi connectivity index (χ0v) is 11.7. The van der Waals surface area contributed by atoms with Crippen LogP contribution in [0.3, 0.4) is 0 Å². The molecule has 3 rings (SSSR count). The first-order chi connectivity index (χ1) is 10.1. The predicted molar refractivity (Wildman–Crippen MR) is 76.8 cm³/mol. The molecule has 0 aliphatic carbocycles. The third-order valence-electron chi connectivity index (χ3n) is 3.76. The molecule has 0 bridgehead atoms. The van der Waals surface area contributed by atoms with E-state index in [2.05, 4.69) is 5.16 Å². The van der Waals surface area contributed by atoms with E-state index >= 15 is 0 Å². The lowest BCUT2D eigenvalue weighted by atomic mass is 10.1. The second-order valence-electron chi connectivity index (χ2n) is 5.30. The molecule has 6 heteroatoms. The number of nitrogen functional groups attached to an aromatic ring is 1. The van der Waals surface area contributed by atoms with Crippen molar-refractivity contribution in [2.24, 2.45) is 0 Å². The van der Waals surface area contributed by atoms with Crippen LogP contribution in [0.2, 0.25) is 0 Å². The summed E-state index contributed by atoms with van der Waals surface area (Å²) >= 11 is 0. The van der Waals surface area contributed by atoms with Crippen LogP contribution in [0, 0.1) is 6.92 Å². The van der Waals surface area contributed by atoms with E-state index in [1.807, 2.05) is 13.0 Å². The zero-order valence-electron chi connectivity index (χ0n) is 11.7. The number of hydrogen-bond donors (Lipinski definition) is 2. The van der Waals surface area contributed by atoms with Crippen LogP contribution in [0.1, 0.15) is 40.7 Å². The molecule has 21 heavy (non-hydrogen) atoms. The molecule has 1 atom stereocenters. The average Bonchev–Trinajstić information content (AvgIpc) is 3.09. The van der Waals surface area contributed by atoms with Gasteiger partial charge in [0.25, 0.3) is 5.91 Å². The van der Waals surface area contributed by atoms with Gasteiger partial charge in [0.15, 0.2) is 5.76 Å². The fraction of sp³-hybridized carbons (Fsp3) is 0.333. The van der Waals surface area contributed by atoms with E-state index in [-0.39, 0.29) is 17.7 Å². The number of amides is 1. The lowest BCUT2D eigenvalue weighted by molar-refractivity contribution is 0.0715. The first kappa shape index (κ1) is 13.5. The molecule has 1 aliphatic rings. The minimum absolute atomic E-state index is 0.0267. The number of benzene rings is 1. The number of nitrogens with two attached hydrogens (primary N) is 1. The summed E-state index contributed by atoms with van der Waals surface area (Å²) in [5.41, 5.74) is 7.32.